The van der Waals surface area contributed by atoms with Gasteiger partial charge in [-0.05, 0) is 29.8 Å². The van der Waals surface area contributed by atoms with Crippen LogP contribution in [-0.2, 0) is 20.5 Å². The minimum Gasteiger partial charge on any atom is -0.374 e. The Hall–Kier alpha value is -1.94. The van der Waals surface area contributed by atoms with E-state index in [4.69, 9.17) is 4.74 Å². The van der Waals surface area contributed by atoms with Crippen molar-refractivity contribution in [3.63, 3.8) is 0 Å². The van der Waals surface area contributed by atoms with Gasteiger partial charge in [-0.25, -0.2) is 13.4 Å². The molecule has 0 radical (unpaired) electrons. The Labute approximate surface area is 169 Å². The minimum atomic E-state index is -3.25. The average molecular weight is 422 g/mol. The van der Waals surface area contributed by atoms with Gasteiger partial charge < -0.3 is 10.1 Å². The summed E-state index contributed by atoms with van der Waals surface area (Å²) in [6, 6.07) is 13.2. The largest absolute Gasteiger partial charge is 0.374 e. The molecule has 1 aromatic carbocycles. The molecule has 2 aromatic rings. The number of morpholine rings is 1. The lowest BCUT2D eigenvalue weighted by atomic mass is 10.1. The molecule has 150 valence electrons. The average Bonchev–Trinajstić information content (AvgIpc) is 2.71. The van der Waals surface area contributed by atoms with Crippen molar-refractivity contribution in [3.05, 3.63) is 59.8 Å². The van der Waals surface area contributed by atoms with Crippen LogP contribution in [-0.4, -0.2) is 62.2 Å². The molecule has 1 aliphatic rings. The molecule has 1 saturated heterocycles. The highest BCUT2D eigenvalue weighted by Crippen LogP contribution is 2.20. The Morgan fingerprint density at radius 2 is 2.07 bits per heavy atom. The van der Waals surface area contributed by atoms with Crippen LogP contribution < -0.4 is 5.32 Å². The highest BCUT2D eigenvalue weighted by atomic mass is 32.2. The summed E-state index contributed by atoms with van der Waals surface area (Å²) in [6.45, 7) is 1.20. The summed E-state index contributed by atoms with van der Waals surface area (Å²) in [5.74, 6) is 0.569. The molecule has 9 heteroatoms. The first kappa shape index (κ1) is 20.8. The van der Waals surface area contributed by atoms with Gasteiger partial charge in [0.15, 0.2) is 0 Å². The minimum absolute atomic E-state index is 0.205. The fourth-order valence-corrected chi connectivity index (χ4v) is 4.43. The van der Waals surface area contributed by atoms with E-state index in [0.717, 1.165) is 16.3 Å². The van der Waals surface area contributed by atoms with E-state index in [-0.39, 0.29) is 25.1 Å². The Morgan fingerprint density at radius 3 is 2.75 bits per heavy atom. The molecule has 3 rings (SSSR count). The van der Waals surface area contributed by atoms with Crippen LogP contribution in [0.2, 0.25) is 0 Å². The van der Waals surface area contributed by atoms with Gasteiger partial charge >= 0.3 is 0 Å². The van der Waals surface area contributed by atoms with Gasteiger partial charge in [0.1, 0.15) is 0 Å². The van der Waals surface area contributed by atoms with Gasteiger partial charge in [-0.15, -0.1) is 11.8 Å². The summed E-state index contributed by atoms with van der Waals surface area (Å²) in [5.41, 5.74) is 1.66. The highest BCUT2D eigenvalue weighted by Gasteiger charge is 2.26. The third kappa shape index (κ3) is 6.03. The van der Waals surface area contributed by atoms with Gasteiger partial charge in [0, 0.05) is 37.1 Å². The maximum Gasteiger partial charge on any atom is 0.251 e. The van der Waals surface area contributed by atoms with Gasteiger partial charge in [0.2, 0.25) is 10.0 Å². The van der Waals surface area contributed by atoms with Crippen LogP contribution in [0.4, 0.5) is 0 Å². The van der Waals surface area contributed by atoms with E-state index in [0.29, 0.717) is 18.7 Å². The summed E-state index contributed by atoms with van der Waals surface area (Å²) in [7, 11) is -3.25. The van der Waals surface area contributed by atoms with Crippen LogP contribution in [0.5, 0.6) is 0 Å². The van der Waals surface area contributed by atoms with Crippen LogP contribution in [0.1, 0.15) is 15.9 Å². The maximum atomic E-state index is 12.3. The predicted molar refractivity (Wildman–Crippen MR) is 109 cm³/mol. The third-order valence-electron chi connectivity index (χ3n) is 4.30. The smallest absolute Gasteiger partial charge is 0.251 e. The van der Waals surface area contributed by atoms with E-state index in [2.05, 4.69) is 10.3 Å². The van der Waals surface area contributed by atoms with Crippen LogP contribution in [0, 0.1) is 0 Å². The number of sulfonamides is 1. The number of hydrogen-bond acceptors (Lipinski definition) is 6. The van der Waals surface area contributed by atoms with Crippen molar-refractivity contribution in [2.75, 3.05) is 32.5 Å². The third-order valence-corrected chi connectivity index (χ3v) is 6.59. The monoisotopic (exact) mass is 421 g/mol. The highest BCUT2D eigenvalue weighted by molar-refractivity contribution is 7.98. The molecule has 0 aliphatic carbocycles. The summed E-state index contributed by atoms with van der Waals surface area (Å²) in [6.07, 6.45) is 2.60. The molecule has 0 spiro atoms. The maximum absolute atomic E-state index is 12.3. The number of carbonyl (C=O) groups excluding carboxylic acids is 1. The van der Waals surface area contributed by atoms with E-state index < -0.39 is 10.0 Å². The number of hydrogen-bond donors (Lipinski definition) is 1. The first-order valence-corrected chi connectivity index (χ1v) is 11.7. The first-order chi connectivity index (χ1) is 13.4. The molecule has 1 aromatic heterocycles. The van der Waals surface area contributed by atoms with E-state index in [9.17, 15) is 13.2 Å². The molecule has 2 heterocycles. The molecule has 0 saturated carbocycles. The normalized spacial score (nSPS) is 18.0. The fraction of sp³-hybridized carbons (Fsp3) is 0.368. The number of nitrogens with one attached hydrogen (secondary N) is 1. The Morgan fingerprint density at radius 1 is 1.29 bits per heavy atom. The van der Waals surface area contributed by atoms with E-state index in [1.807, 2.05) is 30.3 Å². The van der Waals surface area contributed by atoms with Crippen molar-refractivity contribution in [2.45, 2.75) is 16.9 Å². The predicted octanol–water partition coefficient (Wildman–Crippen LogP) is 1.76. The molecular formula is C19H23N3O4S2. The molecule has 1 atom stereocenters. The fourth-order valence-electron chi connectivity index (χ4n) is 2.77. The molecule has 1 amide bonds. The zero-order valence-electron chi connectivity index (χ0n) is 15.6. The van der Waals surface area contributed by atoms with Crippen molar-refractivity contribution < 1.29 is 17.9 Å². The van der Waals surface area contributed by atoms with Crippen molar-refractivity contribution in [2.24, 2.45) is 0 Å². The number of thioether (sulfide) groups is 1. The summed E-state index contributed by atoms with van der Waals surface area (Å²) >= 11 is 1.64. The zero-order chi connectivity index (χ0) is 20.0. The number of pyridine rings is 1. The van der Waals surface area contributed by atoms with Crippen molar-refractivity contribution in [1.29, 1.82) is 0 Å². The lowest BCUT2D eigenvalue weighted by Gasteiger charge is -2.31. The molecule has 1 N–H and O–H groups in total. The van der Waals surface area contributed by atoms with Gasteiger partial charge in [0.05, 0.1) is 24.0 Å². The van der Waals surface area contributed by atoms with Gasteiger partial charge in [0.25, 0.3) is 5.91 Å². The second-order valence-electron chi connectivity index (χ2n) is 6.48. The Kier molecular flexibility index (Phi) is 7.06. The molecule has 1 fully saturated rings. The molecule has 1 aliphatic heterocycles. The Balaban J connectivity index is 1.48. The van der Waals surface area contributed by atoms with Crippen molar-refractivity contribution >= 4 is 27.7 Å². The van der Waals surface area contributed by atoms with Crippen molar-refractivity contribution in [3.8, 4) is 0 Å². The van der Waals surface area contributed by atoms with E-state index >= 15 is 0 Å². The SMILES string of the molecule is CS(=O)(=O)N1CCOC(CNC(=O)c2ccc(CSc3ccccn3)cc2)C1. The van der Waals surface area contributed by atoms with Crippen LogP contribution in [0.15, 0.2) is 53.7 Å². The molecule has 0 bridgehead atoms. The second kappa shape index (κ2) is 9.51. The summed E-state index contributed by atoms with van der Waals surface area (Å²) in [5, 5.41) is 3.78. The lowest BCUT2D eigenvalue weighted by Crippen LogP contribution is -2.49. The number of carbonyl (C=O) groups is 1. The number of rotatable bonds is 7. The van der Waals surface area contributed by atoms with E-state index in [1.54, 1.807) is 30.1 Å². The standard InChI is InChI=1S/C19H23N3O4S2/c1-28(24,25)22-10-11-26-17(13-22)12-21-19(23)16-7-5-15(6-8-16)14-27-18-4-2-3-9-20-18/h2-9,17H,10-14H2,1H3,(H,21,23). The number of amides is 1. The van der Waals surface area contributed by atoms with Gasteiger partial charge in [-0.3, -0.25) is 4.79 Å². The topological polar surface area (TPSA) is 88.6 Å². The Bertz CT molecular complexity index is 889. The van der Waals surface area contributed by atoms with Crippen LogP contribution >= 0.6 is 11.8 Å². The molecule has 1 unspecified atom stereocenters. The number of ether oxygens (including phenoxy) is 1. The van der Waals surface area contributed by atoms with Gasteiger partial charge in [-0.2, -0.15) is 4.31 Å². The second-order valence-corrected chi connectivity index (χ2v) is 9.46. The summed E-state index contributed by atoms with van der Waals surface area (Å²) in [4.78, 5) is 16.6. The molecule has 7 nitrogen and oxygen atoms in total. The molecular weight excluding hydrogens is 398 g/mol. The number of benzene rings is 1. The number of aromatic nitrogens is 1. The quantitative estimate of drug-likeness (QED) is 0.686. The summed E-state index contributed by atoms with van der Waals surface area (Å²) < 4.78 is 30.2. The lowest BCUT2D eigenvalue weighted by molar-refractivity contribution is 0.000438. The zero-order valence-corrected chi connectivity index (χ0v) is 17.2. The van der Waals surface area contributed by atoms with Crippen LogP contribution in [0.25, 0.3) is 0 Å². The first-order valence-electron chi connectivity index (χ1n) is 8.89. The van der Waals surface area contributed by atoms with Gasteiger partial charge in [-0.1, -0.05) is 18.2 Å². The van der Waals surface area contributed by atoms with E-state index in [1.165, 1.54) is 10.6 Å². The number of nitrogens with zero attached hydrogens (tertiary/aromatic N) is 2. The van der Waals surface area contributed by atoms with Crippen LogP contribution in [0.3, 0.4) is 0 Å². The van der Waals surface area contributed by atoms with Crippen molar-refractivity contribution in [1.82, 2.24) is 14.6 Å². The molecule has 28 heavy (non-hydrogen) atoms.